The number of nitrogens with zero attached hydrogens (tertiary/aromatic N) is 1. The topological polar surface area (TPSA) is 94.3 Å². The van der Waals surface area contributed by atoms with E-state index < -0.39 is 11.9 Å². The quantitative estimate of drug-likeness (QED) is 0.502. The maximum absolute atomic E-state index is 13.0. The molecule has 1 unspecified atom stereocenters. The van der Waals surface area contributed by atoms with Gasteiger partial charge in [0.25, 0.3) is 0 Å². The van der Waals surface area contributed by atoms with E-state index in [2.05, 4.69) is 15.6 Å². The van der Waals surface area contributed by atoms with Crippen LogP contribution >= 0.6 is 23.2 Å². The molecule has 7 nitrogen and oxygen atoms in total. The van der Waals surface area contributed by atoms with Gasteiger partial charge in [-0.05, 0) is 29.8 Å². The minimum Gasteiger partial charge on any atom is -0.361 e. The Labute approximate surface area is 189 Å². The van der Waals surface area contributed by atoms with Crippen LogP contribution in [0.2, 0.25) is 10.0 Å². The number of H-pyrrole nitrogens is 1. The van der Waals surface area contributed by atoms with E-state index in [4.69, 9.17) is 23.2 Å². The van der Waals surface area contributed by atoms with Crippen LogP contribution in [-0.2, 0) is 20.8 Å². The molecule has 2 aromatic carbocycles. The second kappa shape index (κ2) is 9.85. The van der Waals surface area contributed by atoms with Crippen LogP contribution in [0.4, 0.5) is 5.69 Å². The molecule has 3 rings (SSSR count). The SMILES string of the molecule is CC(=O)NC(Cc1c[nH]c2ccccc12)C(=O)N(C)CC(=O)Nc1ccc(Cl)c(Cl)c1. The Morgan fingerprint density at radius 2 is 1.84 bits per heavy atom. The van der Waals surface area contributed by atoms with Gasteiger partial charge in [-0.25, -0.2) is 0 Å². The van der Waals surface area contributed by atoms with Gasteiger partial charge in [-0.15, -0.1) is 0 Å². The lowest BCUT2D eigenvalue weighted by molar-refractivity contribution is -0.137. The van der Waals surface area contributed by atoms with E-state index >= 15 is 0 Å². The largest absolute Gasteiger partial charge is 0.361 e. The molecule has 0 radical (unpaired) electrons. The number of carbonyl (C=O) groups excluding carboxylic acids is 3. The summed E-state index contributed by atoms with van der Waals surface area (Å²) in [4.78, 5) is 41.5. The van der Waals surface area contributed by atoms with Gasteiger partial charge in [-0.2, -0.15) is 0 Å². The highest BCUT2D eigenvalue weighted by Gasteiger charge is 2.25. The molecular formula is C22H22Cl2N4O3. The first-order valence-corrected chi connectivity index (χ1v) is 10.3. The number of carbonyl (C=O) groups is 3. The molecule has 0 aliphatic rings. The number of anilines is 1. The Kier molecular flexibility index (Phi) is 7.20. The lowest BCUT2D eigenvalue weighted by Crippen LogP contribution is -2.49. The molecule has 0 fully saturated rings. The number of aromatic nitrogens is 1. The van der Waals surface area contributed by atoms with Crippen molar-refractivity contribution in [2.24, 2.45) is 0 Å². The molecule has 1 atom stereocenters. The molecule has 0 aliphatic carbocycles. The third-order valence-corrected chi connectivity index (χ3v) is 5.47. The summed E-state index contributed by atoms with van der Waals surface area (Å²) in [5.41, 5.74) is 2.31. The smallest absolute Gasteiger partial charge is 0.245 e. The van der Waals surface area contributed by atoms with Gasteiger partial charge in [0, 0.05) is 43.2 Å². The number of rotatable bonds is 7. The first-order valence-electron chi connectivity index (χ1n) is 9.56. The van der Waals surface area contributed by atoms with Gasteiger partial charge in [-0.3, -0.25) is 14.4 Å². The van der Waals surface area contributed by atoms with Gasteiger partial charge < -0.3 is 20.5 Å². The Balaban J connectivity index is 1.69. The highest BCUT2D eigenvalue weighted by molar-refractivity contribution is 6.42. The van der Waals surface area contributed by atoms with Gasteiger partial charge in [0.1, 0.15) is 6.04 Å². The highest BCUT2D eigenvalue weighted by Crippen LogP contribution is 2.25. The third-order valence-electron chi connectivity index (χ3n) is 4.73. The minimum atomic E-state index is -0.806. The molecule has 9 heteroatoms. The average molecular weight is 461 g/mol. The van der Waals surface area contributed by atoms with Crippen molar-refractivity contribution in [1.29, 1.82) is 0 Å². The Morgan fingerprint density at radius 1 is 1.10 bits per heavy atom. The van der Waals surface area contributed by atoms with Crippen molar-refractivity contribution < 1.29 is 14.4 Å². The highest BCUT2D eigenvalue weighted by atomic mass is 35.5. The molecule has 1 heterocycles. The standard InChI is InChI=1S/C22H22Cl2N4O3/c1-13(29)26-20(9-14-11-25-19-6-4-3-5-16(14)19)22(31)28(2)12-21(30)27-15-7-8-17(23)18(24)10-15/h3-8,10-11,20,25H,9,12H2,1-2H3,(H,26,29)(H,27,30). The van der Waals surface area contributed by atoms with Crippen LogP contribution in [-0.4, -0.2) is 47.2 Å². The molecule has 0 saturated heterocycles. The number of fused-ring (bicyclic) bond motifs is 1. The summed E-state index contributed by atoms with van der Waals surface area (Å²) >= 11 is 11.8. The Bertz CT molecular complexity index is 1130. The summed E-state index contributed by atoms with van der Waals surface area (Å²) in [6, 6.07) is 11.6. The zero-order valence-corrected chi connectivity index (χ0v) is 18.6. The van der Waals surface area contributed by atoms with Crippen LogP contribution < -0.4 is 10.6 Å². The number of hydrogen-bond donors (Lipinski definition) is 3. The predicted octanol–water partition coefficient (Wildman–Crippen LogP) is 3.62. The van der Waals surface area contributed by atoms with Crippen molar-refractivity contribution in [2.75, 3.05) is 18.9 Å². The molecule has 162 valence electrons. The van der Waals surface area contributed by atoms with Crippen molar-refractivity contribution in [1.82, 2.24) is 15.2 Å². The van der Waals surface area contributed by atoms with Crippen molar-refractivity contribution in [2.45, 2.75) is 19.4 Å². The summed E-state index contributed by atoms with van der Waals surface area (Å²) in [7, 11) is 1.51. The molecule has 0 aliphatic heterocycles. The number of hydrogen-bond acceptors (Lipinski definition) is 3. The van der Waals surface area contributed by atoms with E-state index in [-0.39, 0.29) is 18.4 Å². The maximum Gasteiger partial charge on any atom is 0.245 e. The normalized spacial score (nSPS) is 11.7. The molecule has 31 heavy (non-hydrogen) atoms. The monoisotopic (exact) mass is 460 g/mol. The number of amides is 3. The summed E-state index contributed by atoms with van der Waals surface area (Å²) in [6.07, 6.45) is 2.12. The predicted molar refractivity (Wildman–Crippen MR) is 122 cm³/mol. The average Bonchev–Trinajstić information content (AvgIpc) is 3.12. The lowest BCUT2D eigenvalue weighted by atomic mass is 10.0. The van der Waals surface area contributed by atoms with Crippen LogP contribution in [0.25, 0.3) is 10.9 Å². The van der Waals surface area contributed by atoms with Crippen LogP contribution in [0.15, 0.2) is 48.7 Å². The fraction of sp³-hybridized carbons (Fsp3) is 0.227. The second-order valence-electron chi connectivity index (χ2n) is 7.19. The van der Waals surface area contributed by atoms with Crippen molar-refractivity contribution in [3.8, 4) is 0 Å². The summed E-state index contributed by atoms with van der Waals surface area (Å²) in [5.74, 6) is -1.10. The summed E-state index contributed by atoms with van der Waals surface area (Å²) < 4.78 is 0. The van der Waals surface area contributed by atoms with Crippen LogP contribution in [0, 0.1) is 0 Å². The zero-order valence-electron chi connectivity index (χ0n) is 17.0. The van der Waals surface area contributed by atoms with Crippen molar-refractivity contribution in [3.63, 3.8) is 0 Å². The van der Waals surface area contributed by atoms with Gasteiger partial charge in [0.2, 0.25) is 17.7 Å². The first-order chi connectivity index (χ1) is 14.7. The van der Waals surface area contributed by atoms with Gasteiger partial charge in [0.15, 0.2) is 0 Å². The molecule has 0 saturated carbocycles. The van der Waals surface area contributed by atoms with E-state index in [9.17, 15) is 14.4 Å². The van der Waals surface area contributed by atoms with Crippen LogP contribution in [0.3, 0.4) is 0 Å². The fourth-order valence-corrected chi connectivity index (χ4v) is 3.60. The first kappa shape index (κ1) is 22.7. The molecule has 0 bridgehead atoms. The van der Waals surface area contributed by atoms with E-state index in [1.807, 2.05) is 30.5 Å². The number of halogens is 2. The van der Waals surface area contributed by atoms with Crippen LogP contribution in [0.5, 0.6) is 0 Å². The lowest BCUT2D eigenvalue weighted by Gasteiger charge is -2.24. The minimum absolute atomic E-state index is 0.191. The maximum atomic E-state index is 13.0. The van der Waals surface area contributed by atoms with E-state index in [1.165, 1.54) is 24.9 Å². The molecule has 3 N–H and O–H groups in total. The van der Waals surface area contributed by atoms with E-state index in [0.29, 0.717) is 22.2 Å². The van der Waals surface area contributed by atoms with E-state index in [0.717, 1.165) is 16.5 Å². The van der Waals surface area contributed by atoms with Crippen LogP contribution in [0.1, 0.15) is 12.5 Å². The van der Waals surface area contributed by atoms with E-state index in [1.54, 1.807) is 12.1 Å². The number of likely N-dealkylation sites (N-methyl/N-ethyl adjacent to an activating group) is 1. The zero-order chi connectivity index (χ0) is 22.5. The van der Waals surface area contributed by atoms with Crippen molar-refractivity contribution in [3.05, 3.63) is 64.3 Å². The van der Waals surface area contributed by atoms with Crippen molar-refractivity contribution >= 4 is 57.5 Å². The second-order valence-corrected chi connectivity index (χ2v) is 8.00. The molecule has 3 amide bonds. The Hall–Kier alpha value is -3.03. The number of benzene rings is 2. The van der Waals surface area contributed by atoms with Gasteiger partial charge in [-0.1, -0.05) is 41.4 Å². The number of aromatic amines is 1. The summed E-state index contributed by atoms with van der Waals surface area (Å²) in [6.45, 7) is 1.16. The summed E-state index contributed by atoms with van der Waals surface area (Å²) in [5, 5.41) is 7.04. The van der Waals surface area contributed by atoms with Gasteiger partial charge >= 0.3 is 0 Å². The molecular weight excluding hydrogens is 439 g/mol. The number of nitrogens with one attached hydrogen (secondary N) is 3. The Morgan fingerprint density at radius 3 is 2.55 bits per heavy atom. The third kappa shape index (κ3) is 5.77. The molecule has 0 spiro atoms. The number of para-hydroxylation sites is 1. The molecule has 3 aromatic rings. The van der Waals surface area contributed by atoms with Gasteiger partial charge in [0.05, 0.1) is 16.6 Å². The fourth-order valence-electron chi connectivity index (χ4n) is 3.30. The molecule has 1 aromatic heterocycles.